The van der Waals surface area contributed by atoms with E-state index in [9.17, 15) is 31.9 Å². The van der Waals surface area contributed by atoms with Crippen LogP contribution >= 0.6 is 11.3 Å². The maximum absolute atomic E-state index is 13.0. The smallest absolute Gasteiger partial charge is 0.433 e. The summed E-state index contributed by atoms with van der Waals surface area (Å²) >= 11 is 0.775. The van der Waals surface area contributed by atoms with Gasteiger partial charge < -0.3 is 20.5 Å². The van der Waals surface area contributed by atoms with Crippen molar-refractivity contribution >= 4 is 34.6 Å². The van der Waals surface area contributed by atoms with Crippen LogP contribution in [0, 0.1) is 0 Å². The Hall–Kier alpha value is -3.39. The van der Waals surface area contributed by atoms with Crippen LogP contribution in [0.2, 0.25) is 0 Å². The van der Waals surface area contributed by atoms with Crippen LogP contribution < -0.4 is 15.4 Å². The Labute approximate surface area is 192 Å². The summed E-state index contributed by atoms with van der Waals surface area (Å²) in [5.74, 6) is -0.638. The van der Waals surface area contributed by atoms with Crippen LogP contribution in [0.1, 0.15) is 30.7 Å². The molecular formula is C20H16F5N5O3S. The number of fused-ring (bicyclic) bond motifs is 1. The second kappa shape index (κ2) is 8.43. The van der Waals surface area contributed by atoms with Crippen LogP contribution in [-0.4, -0.2) is 38.0 Å². The summed E-state index contributed by atoms with van der Waals surface area (Å²) in [6.45, 7) is 3.05. The predicted molar refractivity (Wildman–Crippen MR) is 112 cm³/mol. The maximum Gasteiger partial charge on any atom is 0.433 e. The Morgan fingerprint density at radius 1 is 1.24 bits per heavy atom. The Balaban J connectivity index is 1.79. The van der Waals surface area contributed by atoms with Gasteiger partial charge in [-0.1, -0.05) is 0 Å². The van der Waals surface area contributed by atoms with Gasteiger partial charge in [-0.25, -0.2) is 23.7 Å². The number of anilines is 3. The van der Waals surface area contributed by atoms with Crippen molar-refractivity contribution in [3.05, 3.63) is 41.3 Å². The molecule has 1 unspecified atom stereocenters. The first-order valence-electron chi connectivity index (χ1n) is 9.63. The van der Waals surface area contributed by atoms with E-state index in [1.807, 2.05) is 0 Å². The van der Waals surface area contributed by atoms with Gasteiger partial charge in [-0.15, -0.1) is 11.3 Å². The van der Waals surface area contributed by atoms with E-state index in [0.717, 1.165) is 17.5 Å². The molecule has 1 aliphatic rings. The number of amides is 1. The zero-order valence-electron chi connectivity index (χ0n) is 17.4. The number of hydrogen-bond donors (Lipinski definition) is 3. The van der Waals surface area contributed by atoms with Gasteiger partial charge in [0, 0.05) is 23.6 Å². The lowest BCUT2D eigenvalue weighted by Gasteiger charge is -2.33. The van der Waals surface area contributed by atoms with Gasteiger partial charge in [-0.2, -0.15) is 13.2 Å². The fourth-order valence-electron chi connectivity index (χ4n) is 3.02. The number of alkyl halides is 5. The zero-order chi connectivity index (χ0) is 24.8. The van der Waals surface area contributed by atoms with Gasteiger partial charge in [0.1, 0.15) is 10.7 Å². The van der Waals surface area contributed by atoms with E-state index >= 15 is 0 Å². The van der Waals surface area contributed by atoms with Crippen LogP contribution in [0.5, 0.6) is 5.75 Å². The molecule has 4 rings (SSSR count). The van der Waals surface area contributed by atoms with Gasteiger partial charge in [0.15, 0.2) is 17.5 Å². The summed E-state index contributed by atoms with van der Waals surface area (Å²) in [4.78, 5) is 23.8. The summed E-state index contributed by atoms with van der Waals surface area (Å²) < 4.78 is 70.7. The fraction of sp³-hybridized carbons (Fsp3) is 0.300. The molecule has 1 aliphatic heterocycles. The largest absolute Gasteiger partial charge is 0.475 e. The van der Waals surface area contributed by atoms with Crippen molar-refractivity contribution < 1.29 is 36.6 Å². The highest BCUT2D eigenvalue weighted by molar-refractivity contribution is 7.15. The number of ether oxygens (including phenoxy) is 1. The number of nitrogens with one attached hydrogen (secondary N) is 2. The maximum atomic E-state index is 13.0. The molecule has 0 saturated carbocycles. The molecule has 0 saturated heterocycles. The highest BCUT2D eigenvalue weighted by Gasteiger charge is 2.38. The lowest BCUT2D eigenvalue weighted by atomic mass is 10.0. The Kier molecular flexibility index (Phi) is 5.89. The molecule has 0 fully saturated rings. The molecule has 2 aromatic heterocycles. The van der Waals surface area contributed by atoms with Crippen molar-refractivity contribution in [3.63, 3.8) is 0 Å². The highest BCUT2D eigenvalue weighted by atomic mass is 32.1. The first-order valence-corrected chi connectivity index (χ1v) is 10.4. The average Bonchev–Trinajstić information content (AvgIpc) is 3.23. The molecule has 1 atom stereocenters. The lowest BCUT2D eigenvalue weighted by Crippen LogP contribution is -2.45. The van der Waals surface area contributed by atoms with Gasteiger partial charge in [0.25, 0.3) is 12.3 Å². The molecule has 0 aliphatic carbocycles. The third kappa shape index (κ3) is 4.63. The van der Waals surface area contributed by atoms with Gasteiger partial charge >= 0.3 is 6.18 Å². The number of benzene rings is 1. The van der Waals surface area contributed by atoms with Crippen molar-refractivity contribution in [1.82, 2.24) is 15.0 Å². The minimum atomic E-state index is -4.68. The molecular weight excluding hydrogens is 485 g/mol. The van der Waals surface area contributed by atoms with Crippen molar-refractivity contribution in [3.8, 4) is 16.2 Å². The average molecular weight is 501 g/mol. The first kappa shape index (κ1) is 23.8. The van der Waals surface area contributed by atoms with Gasteiger partial charge in [0.2, 0.25) is 5.95 Å². The second-order valence-electron chi connectivity index (χ2n) is 7.70. The van der Waals surface area contributed by atoms with Crippen molar-refractivity contribution in [2.45, 2.75) is 38.2 Å². The number of aliphatic hydroxyl groups excluding tert-OH is 1. The molecule has 34 heavy (non-hydrogen) atoms. The molecule has 3 heterocycles. The summed E-state index contributed by atoms with van der Waals surface area (Å²) in [6.07, 6.45) is -7.64. The first-order chi connectivity index (χ1) is 15.8. The summed E-state index contributed by atoms with van der Waals surface area (Å²) in [7, 11) is 0. The Morgan fingerprint density at radius 2 is 1.97 bits per heavy atom. The normalized spacial score (nSPS) is 16.0. The van der Waals surface area contributed by atoms with E-state index in [4.69, 9.17) is 4.74 Å². The third-order valence-electron chi connectivity index (χ3n) is 4.72. The number of rotatable bonds is 5. The van der Waals surface area contributed by atoms with E-state index in [-0.39, 0.29) is 28.1 Å². The van der Waals surface area contributed by atoms with Gasteiger partial charge in [-0.3, -0.25) is 4.79 Å². The fourth-order valence-corrected chi connectivity index (χ4v) is 3.95. The number of nitrogens with zero attached hydrogens (tertiary/aromatic N) is 3. The SMILES string of the molecule is CC1(C)Oc2c(cc(Nc3nccc(C(F)(F)F)n3)cc2-c2cnc(C(O)C(F)F)s2)NC1=O. The number of halogens is 5. The number of thiazole rings is 1. The molecule has 0 radical (unpaired) electrons. The molecule has 3 aromatic rings. The monoisotopic (exact) mass is 501 g/mol. The van der Waals surface area contributed by atoms with Crippen LogP contribution in [0.15, 0.2) is 30.6 Å². The summed E-state index contributed by atoms with van der Waals surface area (Å²) in [5, 5.41) is 14.7. The topological polar surface area (TPSA) is 109 Å². The van der Waals surface area contributed by atoms with Gasteiger partial charge in [-0.05, 0) is 32.0 Å². The number of hydrogen-bond acceptors (Lipinski definition) is 8. The van der Waals surface area contributed by atoms with Crippen molar-refractivity contribution in [2.24, 2.45) is 0 Å². The van der Waals surface area contributed by atoms with Crippen LogP contribution in [0.3, 0.4) is 0 Å². The Bertz CT molecular complexity index is 1250. The number of carbonyl (C=O) groups is 1. The number of aromatic nitrogens is 3. The van der Waals surface area contributed by atoms with Crippen LogP contribution in [0.4, 0.5) is 39.3 Å². The summed E-state index contributed by atoms with van der Waals surface area (Å²) in [5.41, 5.74) is -1.77. The van der Waals surface area contributed by atoms with Crippen LogP contribution in [-0.2, 0) is 11.0 Å². The third-order valence-corrected chi connectivity index (χ3v) is 5.83. The predicted octanol–water partition coefficient (Wildman–Crippen LogP) is 4.77. The number of carbonyl (C=O) groups excluding carboxylic acids is 1. The minimum Gasteiger partial charge on any atom is -0.475 e. The summed E-state index contributed by atoms with van der Waals surface area (Å²) in [6, 6.07) is 3.58. The molecule has 8 nitrogen and oxygen atoms in total. The van der Waals surface area contributed by atoms with Gasteiger partial charge in [0.05, 0.1) is 10.6 Å². The standard InChI is InChI=1S/C20H16F5N5O3S/c1-19(2)17(32)29-10-6-8(28-18-26-4-3-12(30-18)20(23,24)25)5-9(14(10)33-19)11-7-27-16(34-11)13(31)15(21)22/h3-7,13,15,31H,1-2H3,(H,29,32)(H,26,28,30). The van der Waals surface area contributed by atoms with E-state index < -0.39 is 35.9 Å². The van der Waals surface area contributed by atoms with E-state index in [0.29, 0.717) is 16.5 Å². The molecule has 1 aromatic carbocycles. The molecule has 0 bridgehead atoms. The van der Waals surface area contributed by atoms with Crippen molar-refractivity contribution in [2.75, 3.05) is 10.6 Å². The van der Waals surface area contributed by atoms with E-state index in [2.05, 4.69) is 25.6 Å². The Morgan fingerprint density at radius 3 is 2.65 bits per heavy atom. The zero-order valence-corrected chi connectivity index (χ0v) is 18.3. The van der Waals surface area contributed by atoms with Crippen LogP contribution in [0.25, 0.3) is 10.4 Å². The molecule has 1 amide bonds. The lowest BCUT2D eigenvalue weighted by molar-refractivity contribution is -0.141. The molecule has 0 spiro atoms. The second-order valence-corrected chi connectivity index (χ2v) is 8.76. The van der Waals surface area contributed by atoms with E-state index in [1.54, 1.807) is 0 Å². The molecule has 3 N–H and O–H groups in total. The minimum absolute atomic E-state index is 0.181. The highest BCUT2D eigenvalue weighted by Crippen LogP contribution is 2.46. The molecule has 180 valence electrons. The number of aliphatic hydroxyl groups is 1. The quantitative estimate of drug-likeness (QED) is 0.432. The molecule has 14 heteroatoms. The van der Waals surface area contributed by atoms with E-state index in [1.165, 1.54) is 32.2 Å². The van der Waals surface area contributed by atoms with Crippen molar-refractivity contribution in [1.29, 1.82) is 0 Å².